The number of primary amides is 1. The van der Waals surface area contributed by atoms with E-state index in [1.807, 2.05) is 22.6 Å². The molecule has 0 unspecified atom stereocenters. The van der Waals surface area contributed by atoms with Gasteiger partial charge in [-0.25, -0.2) is 4.79 Å². The lowest BCUT2D eigenvalue weighted by Crippen LogP contribution is -2.10. The molecule has 1 aromatic heterocycles. The average Bonchev–Trinajstić information content (AvgIpc) is 2.89. The quantitative estimate of drug-likeness (QED) is 0.478. The van der Waals surface area contributed by atoms with Crippen LogP contribution in [0, 0.1) is 3.77 Å². The number of nitrogens with two attached hydrogens (primary N) is 1. The second kappa shape index (κ2) is 7.07. The van der Waals surface area contributed by atoms with Crippen molar-refractivity contribution in [1.29, 1.82) is 0 Å². The first-order chi connectivity index (χ1) is 10.0. The van der Waals surface area contributed by atoms with Gasteiger partial charge in [-0.05, 0) is 58.5 Å². The van der Waals surface area contributed by atoms with Gasteiger partial charge in [-0.15, -0.1) is 0 Å². The summed E-state index contributed by atoms with van der Waals surface area (Å²) in [6.45, 7) is 0.123. The maximum absolute atomic E-state index is 11.5. The van der Waals surface area contributed by atoms with Gasteiger partial charge in [-0.1, -0.05) is 12.1 Å². The molecule has 1 amide bonds. The maximum Gasteiger partial charge on any atom is 0.331 e. The third-order valence-electron chi connectivity index (χ3n) is 2.60. The first-order valence-corrected chi connectivity index (χ1v) is 7.11. The van der Waals surface area contributed by atoms with Gasteiger partial charge in [-0.3, -0.25) is 4.79 Å². The largest absolute Gasteiger partial charge is 0.458 e. The molecule has 21 heavy (non-hydrogen) atoms. The van der Waals surface area contributed by atoms with Crippen molar-refractivity contribution in [2.45, 2.75) is 6.61 Å². The normalized spacial score (nSPS) is 10.7. The van der Waals surface area contributed by atoms with Crippen molar-refractivity contribution in [3.8, 4) is 0 Å². The van der Waals surface area contributed by atoms with E-state index < -0.39 is 11.9 Å². The molecule has 5 nitrogen and oxygen atoms in total. The lowest BCUT2D eigenvalue weighted by molar-refractivity contribution is -0.138. The number of esters is 1. The zero-order chi connectivity index (χ0) is 15.2. The van der Waals surface area contributed by atoms with Crippen LogP contribution in [0.3, 0.4) is 0 Å². The number of hydrogen-bond donors (Lipinski definition) is 1. The molecule has 1 heterocycles. The second-order valence-corrected chi connectivity index (χ2v) is 5.21. The third kappa shape index (κ3) is 4.75. The van der Waals surface area contributed by atoms with Crippen LogP contribution in [0.2, 0.25) is 0 Å². The summed E-state index contributed by atoms with van der Waals surface area (Å²) < 4.78 is 11.1. The minimum Gasteiger partial charge on any atom is -0.458 e. The molecule has 0 aliphatic heterocycles. The monoisotopic (exact) mass is 397 g/mol. The van der Waals surface area contributed by atoms with Crippen LogP contribution in [0.1, 0.15) is 21.7 Å². The van der Waals surface area contributed by atoms with Crippen LogP contribution in [-0.4, -0.2) is 11.9 Å². The molecular weight excluding hydrogens is 385 g/mol. The number of ether oxygens (including phenoxy) is 1. The Morgan fingerprint density at radius 3 is 2.48 bits per heavy atom. The van der Waals surface area contributed by atoms with E-state index in [0.717, 1.165) is 9.33 Å². The lowest BCUT2D eigenvalue weighted by atomic mass is 10.1. The maximum atomic E-state index is 11.5. The van der Waals surface area contributed by atoms with E-state index in [9.17, 15) is 9.59 Å². The molecule has 0 saturated carbocycles. The summed E-state index contributed by atoms with van der Waals surface area (Å²) in [7, 11) is 0. The molecule has 2 aromatic rings. The Balaban J connectivity index is 1.86. The molecule has 0 aliphatic carbocycles. The first-order valence-electron chi connectivity index (χ1n) is 6.03. The molecule has 0 radical (unpaired) electrons. The summed E-state index contributed by atoms with van der Waals surface area (Å²) in [5, 5.41) is 0. The molecule has 2 rings (SSSR count). The summed E-state index contributed by atoms with van der Waals surface area (Å²) in [4.78, 5) is 22.5. The topological polar surface area (TPSA) is 82.5 Å². The van der Waals surface area contributed by atoms with Crippen molar-refractivity contribution >= 4 is 40.5 Å². The zero-order valence-electron chi connectivity index (χ0n) is 10.9. The van der Waals surface area contributed by atoms with E-state index in [1.165, 1.54) is 6.08 Å². The van der Waals surface area contributed by atoms with Crippen LogP contribution in [0.25, 0.3) is 6.08 Å². The van der Waals surface area contributed by atoms with Gasteiger partial charge in [0.1, 0.15) is 12.4 Å². The number of benzene rings is 1. The number of amides is 1. The molecule has 0 bridgehead atoms. The van der Waals surface area contributed by atoms with Crippen molar-refractivity contribution in [2.24, 2.45) is 5.73 Å². The van der Waals surface area contributed by atoms with E-state index in [0.29, 0.717) is 11.3 Å². The summed E-state index contributed by atoms with van der Waals surface area (Å²) >= 11 is 2.04. The molecule has 0 spiro atoms. The molecule has 0 fully saturated rings. The van der Waals surface area contributed by atoms with Gasteiger partial charge in [-0.2, -0.15) is 0 Å². The van der Waals surface area contributed by atoms with Gasteiger partial charge >= 0.3 is 5.97 Å². The summed E-state index contributed by atoms with van der Waals surface area (Å²) in [6.07, 6.45) is 2.84. The van der Waals surface area contributed by atoms with Crippen molar-refractivity contribution in [2.75, 3.05) is 0 Å². The molecule has 108 valence electrons. The third-order valence-corrected chi connectivity index (χ3v) is 3.18. The average molecular weight is 397 g/mol. The Labute approximate surface area is 134 Å². The smallest absolute Gasteiger partial charge is 0.331 e. The molecule has 0 aliphatic rings. The second-order valence-electron chi connectivity index (χ2n) is 4.14. The SMILES string of the molecule is NC(=O)c1ccc(COC(=O)/C=C/c2ccc(I)o2)cc1. The van der Waals surface area contributed by atoms with Crippen LogP contribution in [-0.2, 0) is 16.1 Å². The van der Waals surface area contributed by atoms with Gasteiger partial charge < -0.3 is 14.9 Å². The fourth-order valence-corrected chi connectivity index (χ4v) is 1.97. The van der Waals surface area contributed by atoms with E-state index >= 15 is 0 Å². The summed E-state index contributed by atoms with van der Waals surface area (Å²) in [5.74, 6) is -0.378. The molecule has 0 saturated heterocycles. The Kier molecular flexibility index (Phi) is 5.15. The van der Waals surface area contributed by atoms with Gasteiger partial charge in [0, 0.05) is 11.6 Å². The number of carbonyl (C=O) groups excluding carboxylic acids is 2. The highest BCUT2D eigenvalue weighted by Crippen LogP contribution is 2.11. The number of carbonyl (C=O) groups is 2. The molecular formula is C15H12INO4. The van der Waals surface area contributed by atoms with Crippen LogP contribution >= 0.6 is 22.6 Å². The number of furan rings is 1. The Morgan fingerprint density at radius 2 is 1.90 bits per heavy atom. The zero-order valence-corrected chi connectivity index (χ0v) is 13.1. The standard InChI is InChI=1S/C15H12INO4/c16-13-7-5-12(21-13)6-8-14(18)20-9-10-1-3-11(4-2-10)15(17)19/h1-8H,9H2,(H2,17,19)/b8-6+. The summed E-state index contributed by atoms with van der Waals surface area (Å²) in [6, 6.07) is 10.1. The van der Waals surface area contributed by atoms with Gasteiger partial charge in [0.25, 0.3) is 0 Å². The van der Waals surface area contributed by atoms with E-state index in [4.69, 9.17) is 14.9 Å². The predicted molar refractivity (Wildman–Crippen MR) is 85.2 cm³/mol. The fourth-order valence-electron chi connectivity index (χ4n) is 1.54. The van der Waals surface area contributed by atoms with Crippen molar-refractivity contribution in [3.05, 3.63) is 63.1 Å². The van der Waals surface area contributed by atoms with Crippen LogP contribution in [0.4, 0.5) is 0 Å². The highest BCUT2D eigenvalue weighted by atomic mass is 127. The predicted octanol–water partition coefficient (Wildman–Crippen LogP) is 2.74. The molecule has 2 N–H and O–H groups in total. The molecule has 6 heteroatoms. The molecule has 1 aromatic carbocycles. The Morgan fingerprint density at radius 1 is 1.19 bits per heavy atom. The number of halogens is 1. The minimum absolute atomic E-state index is 0.123. The highest BCUT2D eigenvalue weighted by Gasteiger charge is 2.02. The van der Waals surface area contributed by atoms with Crippen molar-refractivity contribution in [3.63, 3.8) is 0 Å². The number of hydrogen-bond acceptors (Lipinski definition) is 4. The van der Waals surface area contributed by atoms with Crippen LogP contribution in [0.15, 0.2) is 46.9 Å². The van der Waals surface area contributed by atoms with Gasteiger partial charge in [0.2, 0.25) is 5.91 Å². The van der Waals surface area contributed by atoms with E-state index in [1.54, 1.807) is 42.5 Å². The lowest BCUT2D eigenvalue weighted by Gasteiger charge is -2.02. The van der Waals surface area contributed by atoms with Crippen LogP contribution < -0.4 is 5.73 Å². The van der Waals surface area contributed by atoms with Crippen molar-refractivity contribution in [1.82, 2.24) is 0 Å². The summed E-state index contributed by atoms with van der Waals surface area (Å²) in [5.41, 5.74) is 6.33. The minimum atomic E-state index is -0.491. The first kappa shape index (κ1) is 15.3. The Hall–Kier alpha value is -2.09. The Bertz CT molecular complexity index is 673. The van der Waals surface area contributed by atoms with Crippen LogP contribution in [0.5, 0.6) is 0 Å². The van der Waals surface area contributed by atoms with E-state index in [2.05, 4.69) is 0 Å². The fraction of sp³-hybridized carbons (Fsp3) is 0.0667. The highest BCUT2D eigenvalue weighted by molar-refractivity contribution is 14.1. The molecule has 0 atom stereocenters. The van der Waals surface area contributed by atoms with Gasteiger partial charge in [0.05, 0.1) is 0 Å². The van der Waals surface area contributed by atoms with Crippen molar-refractivity contribution < 1.29 is 18.7 Å². The number of rotatable bonds is 5. The van der Waals surface area contributed by atoms with Gasteiger partial charge in [0.15, 0.2) is 3.77 Å². The van der Waals surface area contributed by atoms with E-state index in [-0.39, 0.29) is 6.61 Å².